The molecule has 0 radical (unpaired) electrons. The highest BCUT2D eigenvalue weighted by Crippen LogP contribution is 2.47. The zero-order valence-corrected chi connectivity index (χ0v) is 24.4. The molecule has 0 aliphatic carbocycles. The highest BCUT2D eigenvalue weighted by atomic mass is 19.4. The quantitative estimate of drug-likeness (QED) is 0.249. The predicted molar refractivity (Wildman–Crippen MR) is 143 cm³/mol. The largest absolute Gasteiger partial charge is 0.496 e. The highest BCUT2D eigenvalue weighted by molar-refractivity contribution is 5.77. The van der Waals surface area contributed by atoms with E-state index >= 15 is 0 Å². The van der Waals surface area contributed by atoms with Crippen LogP contribution in [0.15, 0.2) is 48.5 Å². The van der Waals surface area contributed by atoms with E-state index in [0.29, 0.717) is 12.1 Å². The molecule has 0 unspecified atom stereocenters. The molecule has 1 aliphatic rings. The lowest BCUT2D eigenvalue weighted by molar-refractivity contribution is -0.143. The molecule has 1 aliphatic heterocycles. The van der Waals surface area contributed by atoms with E-state index in [0.717, 1.165) is 29.2 Å². The Kier molecular flexibility index (Phi) is 8.62. The van der Waals surface area contributed by atoms with Gasteiger partial charge in [0.2, 0.25) is 0 Å². The van der Waals surface area contributed by atoms with Gasteiger partial charge in [0, 0.05) is 11.6 Å². The second kappa shape index (κ2) is 11.4. The van der Waals surface area contributed by atoms with Gasteiger partial charge in [-0.2, -0.15) is 39.5 Å². The Balaban J connectivity index is 1.86. The van der Waals surface area contributed by atoms with Crippen molar-refractivity contribution in [3.8, 4) is 16.9 Å². The zero-order valence-electron chi connectivity index (χ0n) is 24.4. The summed E-state index contributed by atoms with van der Waals surface area (Å²) < 4.78 is 148. The number of methoxy groups -OCH3 is 1. The highest BCUT2D eigenvalue weighted by Gasteiger charge is 2.50. The Morgan fingerprint density at radius 2 is 1.38 bits per heavy atom. The van der Waals surface area contributed by atoms with E-state index in [1.807, 2.05) is 0 Å². The van der Waals surface area contributed by atoms with Crippen molar-refractivity contribution in [2.45, 2.75) is 70.3 Å². The number of alkyl halides is 9. The molecule has 1 heterocycles. The second-order valence-electron chi connectivity index (χ2n) is 11.4. The molecule has 1 amide bonds. The summed E-state index contributed by atoms with van der Waals surface area (Å²) in [6.07, 6.45) is -18.0. The number of halogens is 10. The van der Waals surface area contributed by atoms with Gasteiger partial charge in [0.25, 0.3) is 0 Å². The average molecular weight is 652 g/mol. The molecule has 0 N–H and O–H groups in total. The SMILES string of the molecule is COc1cc(F)c(C(C)C)cc1-c1ccc(C(F)(F)F)cc1CN1C(=O)O[C@@H](c2cc(C(F)(F)F)cc(C(F)(F)F)c2)C1(C)C. The molecule has 4 rings (SSSR count). The summed E-state index contributed by atoms with van der Waals surface area (Å²) in [4.78, 5) is 14.1. The van der Waals surface area contributed by atoms with Gasteiger partial charge >= 0.3 is 24.6 Å². The first kappa shape index (κ1) is 33.9. The molecule has 3 aromatic carbocycles. The Morgan fingerprint density at radius 3 is 1.87 bits per heavy atom. The van der Waals surface area contributed by atoms with Gasteiger partial charge in [-0.1, -0.05) is 19.9 Å². The van der Waals surface area contributed by atoms with Crippen LogP contribution in [0.3, 0.4) is 0 Å². The van der Waals surface area contributed by atoms with Gasteiger partial charge < -0.3 is 9.47 Å². The van der Waals surface area contributed by atoms with Gasteiger partial charge in [0.1, 0.15) is 11.6 Å². The number of ether oxygens (including phenoxy) is 2. The summed E-state index contributed by atoms with van der Waals surface area (Å²) in [6, 6.07) is 5.94. The van der Waals surface area contributed by atoms with Crippen LogP contribution < -0.4 is 4.74 Å². The maximum absolute atomic E-state index is 14.8. The van der Waals surface area contributed by atoms with E-state index in [2.05, 4.69) is 0 Å². The molecular formula is C31H27F10NO3. The van der Waals surface area contributed by atoms with E-state index in [1.165, 1.54) is 27.0 Å². The number of carbonyl (C=O) groups is 1. The fourth-order valence-corrected chi connectivity index (χ4v) is 5.29. The number of nitrogens with zero attached hydrogens (tertiary/aromatic N) is 1. The van der Waals surface area contributed by atoms with Gasteiger partial charge in [0.05, 0.1) is 35.9 Å². The van der Waals surface area contributed by atoms with Gasteiger partial charge in [-0.15, -0.1) is 0 Å². The number of carbonyl (C=O) groups excluding carboxylic acids is 1. The lowest BCUT2D eigenvalue weighted by Crippen LogP contribution is -2.42. The average Bonchev–Trinajstić information content (AvgIpc) is 3.14. The minimum absolute atomic E-state index is 0.0253. The van der Waals surface area contributed by atoms with Crippen molar-refractivity contribution >= 4 is 6.09 Å². The lowest BCUT2D eigenvalue weighted by Gasteiger charge is -2.33. The first-order valence-electron chi connectivity index (χ1n) is 13.4. The van der Waals surface area contributed by atoms with Crippen molar-refractivity contribution in [1.29, 1.82) is 0 Å². The van der Waals surface area contributed by atoms with Crippen molar-refractivity contribution in [1.82, 2.24) is 4.90 Å². The maximum Gasteiger partial charge on any atom is 0.416 e. The Hall–Kier alpha value is -3.97. The smallest absolute Gasteiger partial charge is 0.416 e. The van der Waals surface area contributed by atoms with E-state index in [1.54, 1.807) is 13.8 Å². The van der Waals surface area contributed by atoms with Crippen LogP contribution in [0.25, 0.3) is 11.1 Å². The van der Waals surface area contributed by atoms with Crippen LogP contribution in [-0.2, 0) is 29.8 Å². The van der Waals surface area contributed by atoms with Gasteiger partial charge in [-0.3, -0.25) is 4.90 Å². The van der Waals surface area contributed by atoms with Crippen LogP contribution in [0.5, 0.6) is 5.75 Å². The van der Waals surface area contributed by atoms with Crippen LogP contribution in [0, 0.1) is 5.82 Å². The number of cyclic esters (lactones) is 1. The summed E-state index contributed by atoms with van der Waals surface area (Å²) in [7, 11) is 1.23. The fourth-order valence-electron chi connectivity index (χ4n) is 5.29. The number of hydrogen-bond acceptors (Lipinski definition) is 3. The van der Waals surface area contributed by atoms with Crippen molar-refractivity contribution in [2.24, 2.45) is 0 Å². The van der Waals surface area contributed by atoms with Crippen LogP contribution >= 0.6 is 0 Å². The topological polar surface area (TPSA) is 38.8 Å². The molecule has 0 saturated carbocycles. The number of rotatable bonds is 6. The Morgan fingerprint density at radius 1 is 0.822 bits per heavy atom. The van der Waals surface area contributed by atoms with Crippen molar-refractivity contribution in [2.75, 3.05) is 7.11 Å². The summed E-state index contributed by atoms with van der Waals surface area (Å²) in [5.74, 6) is -0.983. The van der Waals surface area contributed by atoms with E-state index in [4.69, 9.17) is 9.47 Å². The van der Waals surface area contributed by atoms with Gasteiger partial charge in [-0.25, -0.2) is 9.18 Å². The van der Waals surface area contributed by atoms with E-state index < -0.39 is 70.9 Å². The third-order valence-corrected chi connectivity index (χ3v) is 7.68. The van der Waals surface area contributed by atoms with Crippen molar-refractivity contribution < 1.29 is 58.2 Å². The van der Waals surface area contributed by atoms with Crippen LogP contribution in [-0.4, -0.2) is 23.6 Å². The van der Waals surface area contributed by atoms with Crippen LogP contribution in [0.1, 0.15) is 73.1 Å². The molecule has 0 spiro atoms. The van der Waals surface area contributed by atoms with Gasteiger partial charge in [-0.05, 0) is 78.4 Å². The third kappa shape index (κ3) is 6.69. The number of hydrogen-bond donors (Lipinski definition) is 0. The van der Waals surface area contributed by atoms with Crippen LogP contribution in [0.2, 0.25) is 0 Å². The molecule has 14 heteroatoms. The molecule has 1 fully saturated rings. The molecule has 1 saturated heterocycles. The predicted octanol–water partition coefficient (Wildman–Crippen LogP) is 10.2. The lowest BCUT2D eigenvalue weighted by atomic mass is 9.87. The molecule has 4 nitrogen and oxygen atoms in total. The zero-order chi connectivity index (χ0) is 33.9. The molecule has 0 bridgehead atoms. The van der Waals surface area contributed by atoms with Gasteiger partial charge in [0.15, 0.2) is 6.10 Å². The first-order valence-corrected chi connectivity index (χ1v) is 13.4. The molecular weight excluding hydrogens is 624 g/mol. The summed E-state index contributed by atoms with van der Waals surface area (Å²) in [5.41, 5.74) is -6.19. The van der Waals surface area contributed by atoms with E-state index in [-0.39, 0.29) is 40.0 Å². The summed E-state index contributed by atoms with van der Waals surface area (Å²) in [5, 5.41) is 0. The molecule has 45 heavy (non-hydrogen) atoms. The van der Waals surface area contributed by atoms with Crippen molar-refractivity contribution in [3.05, 3.63) is 87.7 Å². The van der Waals surface area contributed by atoms with Crippen molar-refractivity contribution in [3.63, 3.8) is 0 Å². The first-order chi connectivity index (χ1) is 20.5. The van der Waals surface area contributed by atoms with E-state index in [9.17, 15) is 48.7 Å². The Labute approximate surface area is 251 Å². The normalized spacial score (nSPS) is 17.2. The maximum atomic E-state index is 14.8. The Bertz CT molecular complexity index is 1570. The number of amides is 1. The molecule has 244 valence electrons. The second-order valence-corrected chi connectivity index (χ2v) is 11.4. The molecule has 1 atom stereocenters. The number of benzene rings is 3. The fraction of sp³-hybridized carbons (Fsp3) is 0.387. The third-order valence-electron chi connectivity index (χ3n) is 7.68. The minimum Gasteiger partial charge on any atom is -0.496 e. The van der Waals surface area contributed by atoms with Crippen LogP contribution in [0.4, 0.5) is 48.7 Å². The summed E-state index contributed by atoms with van der Waals surface area (Å²) in [6.45, 7) is 5.40. The standard InChI is InChI=1S/C31H27F10NO3/c1-15(2)22-12-23(25(44-5)13-24(22)32)21-7-6-18(29(33,34)35)10-17(21)14-42-27(43)45-26(28(42,3)4)16-8-19(30(36,37)38)11-20(9-16)31(39,40)41/h6-13,15,26H,14H2,1-5H3/t26-/m0/s1. The summed E-state index contributed by atoms with van der Waals surface area (Å²) >= 11 is 0. The molecule has 3 aromatic rings. The monoisotopic (exact) mass is 651 g/mol. The minimum atomic E-state index is -5.17. The molecule has 0 aromatic heterocycles.